The molecule has 1 N–H and O–H groups in total. The summed E-state index contributed by atoms with van der Waals surface area (Å²) in [6.07, 6.45) is 0. The molecule has 2 rings (SSSR count). The Balaban J connectivity index is 2.10. The maximum Gasteiger partial charge on any atom is 0.286 e. The van der Waals surface area contributed by atoms with E-state index in [0.717, 1.165) is 20.6 Å². The van der Waals surface area contributed by atoms with Crippen LogP contribution in [0.25, 0.3) is 0 Å². The third-order valence-corrected chi connectivity index (χ3v) is 3.43. The van der Waals surface area contributed by atoms with Crippen molar-refractivity contribution in [3.8, 4) is 0 Å². The van der Waals surface area contributed by atoms with Crippen molar-refractivity contribution in [3.05, 3.63) is 37.3 Å². The smallest absolute Gasteiger partial charge is 0.286 e. The molecular formula is C9H5ClIN3OS. The first kappa shape index (κ1) is 11.7. The Morgan fingerprint density at radius 1 is 1.31 bits per heavy atom. The number of hydrogen-bond donors (Lipinski definition) is 1. The molecule has 0 bridgehead atoms. The fraction of sp³-hybridized carbons (Fsp3) is 0. The van der Waals surface area contributed by atoms with Gasteiger partial charge in [0, 0.05) is 9.26 Å². The highest BCUT2D eigenvalue weighted by molar-refractivity contribution is 14.1. The van der Waals surface area contributed by atoms with Crippen molar-refractivity contribution in [1.82, 2.24) is 10.2 Å². The molecular weight excluding hydrogens is 361 g/mol. The number of benzene rings is 1. The molecule has 1 heterocycles. The molecule has 0 aliphatic rings. The molecule has 7 heteroatoms. The number of aromatic nitrogens is 2. The predicted molar refractivity (Wildman–Crippen MR) is 72.0 cm³/mol. The van der Waals surface area contributed by atoms with E-state index in [0.29, 0.717) is 0 Å². The summed E-state index contributed by atoms with van der Waals surface area (Å²) in [6.45, 7) is 0. The number of hydrogen-bond acceptors (Lipinski definition) is 4. The fourth-order valence-electron chi connectivity index (χ4n) is 1.01. The van der Waals surface area contributed by atoms with Gasteiger partial charge in [0.2, 0.25) is 9.47 Å². The first-order valence-electron chi connectivity index (χ1n) is 4.21. The number of halogens is 2. The van der Waals surface area contributed by atoms with Crippen molar-refractivity contribution in [2.75, 3.05) is 5.32 Å². The lowest BCUT2D eigenvalue weighted by Crippen LogP contribution is -2.11. The van der Waals surface area contributed by atoms with Crippen LogP contribution in [0.4, 0.5) is 5.69 Å². The monoisotopic (exact) mass is 365 g/mol. The normalized spacial score (nSPS) is 10.1. The molecule has 0 radical (unpaired) electrons. The lowest BCUT2D eigenvalue weighted by Gasteiger charge is -2.01. The highest BCUT2D eigenvalue weighted by atomic mass is 127. The van der Waals surface area contributed by atoms with Crippen LogP contribution in [-0.2, 0) is 0 Å². The van der Waals surface area contributed by atoms with E-state index in [2.05, 4.69) is 38.1 Å². The second kappa shape index (κ2) is 5.07. The largest absolute Gasteiger partial charge is 0.320 e. The second-order valence-corrected chi connectivity index (χ2v) is 5.63. The number of carbonyl (C=O) groups is 1. The van der Waals surface area contributed by atoms with Crippen LogP contribution >= 0.6 is 45.5 Å². The van der Waals surface area contributed by atoms with Gasteiger partial charge in [-0.3, -0.25) is 4.79 Å². The Kier molecular flexibility index (Phi) is 3.72. The van der Waals surface area contributed by atoms with Gasteiger partial charge in [-0.1, -0.05) is 11.3 Å². The molecule has 0 unspecified atom stereocenters. The second-order valence-electron chi connectivity index (χ2n) is 2.82. The van der Waals surface area contributed by atoms with Crippen LogP contribution in [0.3, 0.4) is 0 Å². The van der Waals surface area contributed by atoms with Crippen molar-refractivity contribution < 1.29 is 4.79 Å². The summed E-state index contributed by atoms with van der Waals surface area (Å²) >= 11 is 8.83. The van der Waals surface area contributed by atoms with Crippen molar-refractivity contribution in [2.24, 2.45) is 0 Å². The quantitative estimate of drug-likeness (QED) is 0.832. The van der Waals surface area contributed by atoms with E-state index in [4.69, 9.17) is 11.6 Å². The minimum absolute atomic E-state index is 0.253. The Labute approximate surface area is 114 Å². The van der Waals surface area contributed by atoms with Gasteiger partial charge in [0.1, 0.15) is 0 Å². The highest BCUT2D eigenvalue weighted by Gasteiger charge is 2.11. The standard InChI is InChI=1S/C9H5ClIN3OS/c10-9-14-13-8(16-9)7(15)12-6-3-1-5(11)2-4-6/h1-4H,(H,12,15). The zero-order chi connectivity index (χ0) is 11.5. The molecule has 4 nitrogen and oxygen atoms in total. The van der Waals surface area contributed by atoms with Crippen molar-refractivity contribution in [2.45, 2.75) is 0 Å². The van der Waals surface area contributed by atoms with Crippen molar-refractivity contribution in [3.63, 3.8) is 0 Å². The van der Waals surface area contributed by atoms with Gasteiger partial charge in [-0.15, -0.1) is 10.2 Å². The zero-order valence-electron chi connectivity index (χ0n) is 7.78. The van der Waals surface area contributed by atoms with Gasteiger partial charge in [-0.2, -0.15) is 0 Å². The summed E-state index contributed by atoms with van der Waals surface area (Å²) in [5, 5.41) is 10.2. The number of amides is 1. The lowest BCUT2D eigenvalue weighted by molar-refractivity contribution is 0.102. The average molecular weight is 366 g/mol. The first-order valence-corrected chi connectivity index (χ1v) is 6.48. The topological polar surface area (TPSA) is 54.9 Å². The zero-order valence-corrected chi connectivity index (χ0v) is 11.5. The molecule has 0 spiro atoms. The van der Waals surface area contributed by atoms with Gasteiger partial charge in [-0.05, 0) is 58.5 Å². The Bertz CT molecular complexity index is 514. The molecule has 0 saturated heterocycles. The molecule has 16 heavy (non-hydrogen) atoms. The van der Waals surface area contributed by atoms with Crippen LogP contribution in [-0.4, -0.2) is 16.1 Å². The van der Waals surface area contributed by atoms with Crippen LogP contribution in [0.15, 0.2) is 24.3 Å². The van der Waals surface area contributed by atoms with Gasteiger partial charge in [-0.25, -0.2) is 0 Å². The molecule has 2 aromatic rings. The van der Waals surface area contributed by atoms with E-state index in [1.165, 1.54) is 0 Å². The van der Waals surface area contributed by atoms with Gasteiger partial charge >= 0.3 is 0 Å². The number of carbonyl (C=O) groups excluding carboxylic acids is 1. The third-order valence-electron chi connectivity index (χ3n) is 1.70. The molecule has 0 fully saturated rings. The van der Waals surface area contributed by atoms with Crippen LogP contribution in [0, 0.1) is 3.57 Å². The van der Waals surface area contributed by atoms with Crippen LogP contribution < -0.4 is 5.32 Å². The predicted octanol–water partition coefficient (Wildman–Crippen LogP) is 3.05. The third kappa shape index (κ3) is 2.89. The number of nitrogens with zero attached hydrogens (tertiary/aromatic N) is 2. The van der Waals surface area contributed by atoms with Crippen LogP contribution in [0.2, 0.25) is 4.47 Å². The molecule has 82 valence electrons. The van der Waals surface area contributed by atoms with Gasteiger partial charge in [0.15, 0.2) is 0 Å². The molecule has 1 aromatic heterocycles. The highest BCUT2D eigenvalue weighted by Crippen LogP contribution is 2.17. The van der Waals surface area contributed by atoms with E-state index < -0.39 is 0 Å². The Morgan fingerprint density at radius 3 is 2.56 bits per heavy atom. The van der Waals surface area contributed by atoms with Crippen LogP contribution in [0.1, 0.15) is 9.80 Å². The summed E-state index contributed by atoms with van der Waals surface area (Å²) < 4.78 is 1.36. The summed E-state index contributed by atoms with van der Waals surface area (Å²) in [4.78, 5) is 11.6. The Hall–Kier alpha value is -0.730. The molecule has 0 saturated carbocycles. The van der Waals surface area contributed by atoms with E-state index in [-0.39, 0.29) is 15.4 Å². The summed E-state index contributed by atoms with van der Waals surface area (Å²) in [5.74, 6) is -0.300. The summed E-state index contributed by atoms with van der Waals surface area (Å²) in [6, 6.07) is 7.46. The maximum atomic E-state index is 11.6. The number of rotatable bonds is 2. The minimum Gasteiger partial charge on any atom is -0.320 e. The van der Waals surface area contributed by atoms with Crippen molar-refractivity contribution in [1.29, 1.82) is 0 Å². The fourth-order valence-corrected chi connectivity index (χ4v) is 2.10. The average Bonchev–Trinajstić information content (AvgIpc) is 2.68. The van der Waals surface area contributed by atoms with Crippen LogP contribution in [0.5, 0.6) is 0 Å². The number of anilines is 1. The van der Waals surface area contributed by atoms with E-state index in [9.17, 15) is 4.79 Å². The summed E-state index contributed by atoms with van der Waals surface area (Å²) in [5.41, 5.74) is 0.719. The van der Waals surface area contributed by atoms with Crippen molar-refractivity contribution >= 4 is 57.1 Å². The minimum atomic E-state index is -0.300. The van der Waals surface area contributed by atoms with Gasteiger partial charge in [0.25, 0.3) is 5.91 Å². The SMILES string of the molecule is O=C(Nc1ccc(I)cc1)c1nnc(Cl)s1. The molecule has 1 aromatic carbocycles. The molecule has 0 atom stereocenters. The van der Waals surface area contributed by atoms with E-state index in [1.54, 1.807) is 0 Å². The maximum absolute atomic E-state index is 11.6. The molecule has 0 aliphatic carbocycles. The lowest BCUT2D eigenvalue weighted by atomic mass is 10.3. The number of nitrogens with one attached hydrogen (secondary N) is 1. The summed E-state index contributed by atoms with van der Waals surface area (Å²) in [7, 11) is 0. The molecule has 0 aliphatic heterocycles. The van der Waals surface area contributed by atoms with Gasteiger partial charge < -0.3 is 5.32 Å². The first-order chi connectivity index (χ1) is 7.65. The van der Waals surface area contributed by atoms with Gasteiger partial charge in [0.05, 0.1) is 0 Å². The Morgan fingerprint density at radius 2 is 2.00 bits per heavy atom. The molecule has 1 amide bonds. The van der Waals surface area contributed by atoms with E-state index in [1.807, 2.05) is 24.3 Å². The van der Waals surface area contributed by atoms with E-state index >= 15 is 0 Å².